The van der Waals surface area contributed by atoms with Crippen LogP contribution in [0.15, 0.2) is 70.9 Å². The second kappa shape index (κ2) is 11.2. The molecule has 2 heterocycles. The largest absolute Gasteiger partial charge is 0.476 e. The summed E-state index contributed by atoms with van der Waals surface area (Å²) in [4.78, 5) is 15.3. The molecule has 1 atom stereocenters. The molecule has 6 rings (SSSR count). The predicted octanol–water partition coefficient (Wildman–Crippen LogP) is 6.53. The Morgan fingerprint density at radius 1 is 1.02 bits per heavy atom. The van der Waals surface area contributed by atoms with Crippen LogP contribution in [0.2, 0.25) is 0 Å². The highest BCUT2D eigenvalue weighted by atomic mass is 32.3. The van der Waals surface area contributed by atoms with E-state index >= 15 is 4.39 Å². The molecule has 4 N–H and O–H groups in total. The maximum atomic E-state index is 15.0. The predicted molar refractivity (Wildman–Crippen MR) is 156 cm³/mol. The summed E-state index contributed by atoms with van der Waals surface area (Å²) in [7, 11) is -4.03. The Morgan fingerprint density at radius 2 is 1.77 bits per heavy atom. The molecule has 13 heteroatoms. The number of carboxylic acids is 1. The SMILES string of the molecule is N[S+](=O)(O)c1ccc(Cc2c(-c3ccc(F)c(-c4ccccc4F)c3)nn(-c3nc(C(=O)O)cs3)c2CC2CC2)cc1F. The molecule has 2 aromatic heterocycles. The first-order valence-electron chi connectivity index (χ1n) is 13.2. The van der Waals surface area contributed by atoms with Crippen molar-refractivity contribution in [3.8, 4) is 27.5 Å². The molecule has 0 saturated heterocycles. The number of aromatic carboxylic acids is 1. The fraction of sp³-hybridized carbons (Fsp3) is 0.167. The minimum Gasteiger partial charge on any atom is -0.476 e. The fourth-order valence-electron chi connectivity index (χ4n) is 4.98. The van der Waals surface area contributed by atoms with Crippen LogP contribution in [-0.4, -0.2) is 30.4 Å². The van der Waals surface area contributed by atoms with Gasteiger partial charge in [0.2, 0.25) is 10.0 Å². The summed E-state index contributed by atoms with van der Waals surface area (Å²) in [6, 6.07) is 13.8. The number of thiazole rings is 1. The van der Waals surface area contributed by atoms with Crippen LogP contribution in [0.3, 0.4) is 0 Å². The molecule has 1 fully saturated rings. The molecule has 8 nitrogen and oxygen atoms in total. The number of halogens is 3. The number of hydrogen-bond acceptors (Lipinski definition) is 5. The van der Waals surface area contributed by atoms with Gasteiger partial charge in [-0.1, -0.05) is 24.3 Å². The zero-order valence-corrected chi connectivity index (χ0v) is 24.0. The van der Waals surface area contributed by atoms with Crippen molar-refractivity contribution in [2.24, 2.45) is 11.1 Å². The van der Waals surface area contributed by atoms with E-state index in [1.165, 1.54) is 47.8 Å². The number of carbonyl (C=O) groups is 1. The Kier molecular flexibility index (Phi) is 7.50. The second-order valence-electron chi connectivity index (χ2n) is 10.3. The molecule has 0 amide bonds. The van der Waals surface area contributed by atoms with Crippen LogP contribution >= 0.6 is 11.3 Å². The van der Waals surface area contributed by atoms with Crippen molar-refractivity contribution in [3.05, 3.63) is 106 Å². The molecular formula is C30H24F3N4O4S2+. The molecule has 0 spiro atoms. The third kappa shape index (κ3) is 5.89. The standard InChI is InChI=1S/C30H23F3N4O4S2/c31-22-4-2-1-3-19(22)20-14-18(8-9-23(20)32)28-21(11-17-7-10-27(24(33)12-17)43(34,40)41)26(13-16-5-6-16)37(36-28)30-35-25(15-42-30)29(38)39/h1-4,7-10,12,14-16H,5-6,11,13H2,(H3-,34,38,39,40,41)/p+1. The van der Waals surface area contributed by atoms with E-state index in [0.29, 0.717) is 39.9 Å². The molecule has 1 unspecified atom stereocenters. The lowest BCUT2D eigenvalue weighted by atomic mass is 9.94. The average molecular weight is 626 g/mol. The summed E-state index contributed by atoms with van der Waals surface area (Å²) < 4.78 is 67.7. The number of benzene rings is 3. The van der Waals surface area contributed by atoms with Crippen LogP contribution in [0.1, 0.15) is 40.2 Å². The van der Waals surface area contributed by atoms with Crippen LogP contribution in [0.25, 0.3) is 27.5 Å². The first-order chi connectivity index (χ1) is 20.5. The van der Waals surface area contributed by atoms with Crippen molar-refractivity contribution in [1.82, 2.24) is 14.8 Å². The maximum absolute atomic E-state index is 15.0. The van der Waals surface area contributed by atoms with Gasteiger partial charge >= 0.3 is 16.4 Å². The normalized spacial score (nSPS) is 14.5. The molecule has 0 radical (unpaired) electrons. The van der Waals surface area contributed by atoms with Gasteiger partial charge in [0.05, 0.1) is 11.4 Å². The van der Waals surface area contributed by atoms with E-state index in [1.807, 2.05) is 0 Å². The van der Waals surface area contributed by atoms with E-state index in [2.05, 4.69) is 4.98 Å². The number of aromatic nitrogens is 3. The number of nitrogens with two attached hydrogens (primary N) is 1. The summed E-state index contributed by atoms with van der Waals surface area (Å²) in [5.41, 5.74) is 2.62. The lowest BCUT2D eigenvalue weighted by Gasteiger charge is -2.11. The van der Waals surface area contributed by atoms with Gasteiger partial charge in [0.15, 0.2) is 11.5 Å². The Morgan fingerprint density at radius 3 is 2.42 bits per heavy atom. The topological polar surface area (TPSA) is 131 Å². The van der Waals surface area contributed by atoms with E-state index in [1.54, 1.807) is 10.7 Å². The average Bonchev–Trinajstić information content (AvgIpc) is 3.51. The summed E-state index contributed by atoms with van der Waals surface area (Å²) in [6.45, 7) is 0. The van der Waals surface area contributed by atoms with Gasteiger partial charge in [-0.15, -0.1) is 16.5 Å². The van der Waals surface area contributed by atoms with Crippen molar-refractivity contribution >= 4 is 27.7 Å². The monoisotopic (exact) mass is 625 g/mol. The highest BCUT2D eigenvalue weighted by Gasteiger charge is 2.31. The molecule has 1 aliphatic carbocycles. The molecule has 3 aromatic carbocycles. The molecule has 5 aromatic rings. The Bertz CT molecular complexity index is 1930. The Labute approximate surface area is 249 Å². The quantitative estimate of drug-likeness (QED) is 0.160. The molecule has 1 aliphatic rings. The van der Waals surface area contributed by atoms with Gasteiger partial charge in [0.1, 0.15) is 11.6 Å². The minimum absolute atomic E-state index is 0.0262. The van der Waals surface area contributed by atoms with Gasteiger partial charge in [-0.25, -0.2) is 27.6 Å². The second-order valence-corrected chi connectivity index (χ2v) is 12.8. The van der Waals surface area contributed by atoms with Crippen molar-refractivity contribution in [2.75, 3.05) is 0 Å². The van der Waals surface area contributed by atoms with Crippen LogP contribution in [0, 0.1) is 23.4 Å². The summed E-state index contributed by atoms with van der Waals surface area (Å²) in [5, 5.41) is 21.2. The molecule has 43 heavy (non-hydrogen) atoms. The van der Waals surface area contributed by atoms with Gasteiger partial charge in [0, 0.05) is 40.1 Å². The van der Waals surface area contributed by atoms with Gasteiger partial charge in [-0.3, -0.25) is 0 Å². The van der Waals surface area contributed by atoms with E-state index in [9.17, 15) is 27.4 Å². The first-order valence-corrected chi connectivity index (χ1v) is 15.6. The Hall–Kier alpha value is -4.17. The van der Waals surface area contributed by atoms with E-state index in [0.717, 1.165) is 42.0 Å². The molecule has 1 saturated carbocycles. The van der Waals surface area contributed by atoms with Gasteiger partial charge in [-0.2, -0.15) is 9.65 Å². The van der Waals surface area contributed by atoms with E-state index in [-0.39, 0.29) is 23.2 Å². The third-order valence-corrected chi connectivity index (χ3v) is 9.03. The smallest absolute Gasteiger partial charge is 0.355 e. The fourth-order valence-corrected chi connectivity index (χ4v) is 6.35. The van der Waals surface area contributed by atoms with E-state index < -0.39 is 38.7 Å². The van der Waals surface area contributed by atoms with Crippen LogP contribution < -0.4 is 5.14 Å². The summed E-state index contributed by atoms with van der Waals surface area (Å²) in [5.74, 6) is -3.02. The van der Waals surface area contributed by atoms with Crippen LogP contribution in [0.4, 0.5) is 13.2 Å². The van der Waals surface area contributed by atoms with Crippen molar-refractivity contribution in [2.45, 2.75) is 30.6 Å². The van der Waals surface area contributed by atoms with Gasteiger partial charge in [0.25, 0.3) is 0 Å². The lowest BCUT2D eigenvalue weighted by Crippen LogP contribution is -2.22. The van der Waals surface area contributed by atoms with Crippen molar-refractivity contribution in [1.29, 1.82) is 0 Å². The highest BCUT2D eigenvalue weighted by Crippen LogP contribution is 2.39. The zero-order valence-electron chi connectivity index (χ0n) is 22.3. The van der Waals surface area contributed by atoms with Crippen LogP contribution in [-0.2, 0) is 27.5 Å². The number of nitrogens with zero attached hydrogens (tertiary/aromatic N) is 3. The van der Waals surface area contributed by atoms with Crippen molar-refractivity contribution < 1.29 is 31.8 Å². The van der Waals surface area contributed by atoms with Gasteiger partial charge < -0.3 is 5.11 Å². The van der Waals surface area contributed by atoms with Gasteiger partial charge in [-0.05, 0) is 65.3 Å². The minimum atomic E-state index is -4.03. The maximum Gasteiger partial charge on any atom is 0.355 e. The van der Waals surface area contributed by atoms with Crippen LogP contribution in [0.5, 0.6) is 0 Å². The number of hydrogen-bond donors (Lipinski definition) is 3. The number of rotatable bonds is 9. The lowest BCUT2D eigenvalue weighted by molar-refractivity contribution is 0.0691. The highest BCUT2D eigenvalue weighted by molar-refractivity contribution is 7.95. The third-order valence-electron chi connectivity index (χ3n) is 7.26. The molecular weight excluding hydrogens is 601 g/mol. The summed E-state index contributed by atoms with van der Waals surface area (Å²) >= 11 is 1.09. The summed E-state index contributed by atoms with van der Waals surface area (Å²) in [6.07, 6.45) is 2.66. The zero-order chi connectivity index (χ0) is 30.5. The first kappa shape index (κ1) is 28.9. The molecule has 0 bridgehead atoms. The molecule has 0 aliphatic heterocycles. The Balaban J connectivity index is 1.55. The van der Waals surface area contributed by atoms with E-state index in [4.69, 9.17) is 10.2 Å². The molecule has 220 valence electrons. The van der Waals surface area contributed by atoms with Crippen molar-refractivity contribution in [3.63, 3.8) is 0 Å². The number of carboxylic acid groups (broad SMARTS) is 1.